The Bertz CT molecular complexity index is 1390. The number of benzene rings is 2. The first-order valence-corrected chi connectivity index (χ1v) is 12.1. The summed E-state index contributed by atoms with van der Waals surface area (Å²) < 4.78 is 29.9. The summed E-state index contributed by atoms with van der Waals surface area (Å²) in [6.45, 7) is 4.78. The van der Waals surface area contributed by atoms with E-state index in [0.29, 0.717) is 52.6 Å². The summed E-state index contributed by atoms with van der Waals surface area (Å²) in [5, 5.41) is 10.4. The average Bonchev–Trinajstić information content (AvgIpc) is 2.76. The van der Waals surface area contributed by atoms with Crippen molar-refractivity contribution in [3.05, 3.63) is 51.4 Å². The first kappa shape index (κ1) is 22.9. The molecule has 11 heteroatoms. The van der Waals surface area contributed by atoms with Gasteiger partial charge in [-0.05, 0) is 32.0 Å². The zero-order valence-electron chi connectivity index (χ0n) is 18.4. The van der Waals surface area contributed by atoms with E-state index in [0.717, 1.165) is 6.07 Å². The summed E-state index contributed by atoms with van der Waals surface area (Å²) in [4.78, 5) is 33.0. The molecule has 34 heavy (non-hydrogen) atoms. The minimum Gasteiger partial charge on any atom is -0.465 e. The number of hydrogen-bond donors (Lipinski definition) is 1. The molecule has 1 saturated heterocycles. The van der Waals surface area contributed by atoms with Crippen LogP contribution in [-0.4, -0.2) is 56.6 Å². The Morgan fingerprint density at radius 3 is 2.56 bits per heavy atom. The Balaban J connectivity index is 1.73. The molecule has 1 fully saturated rings. The van der Waals surface area contributed by atoms with Crippen molar-refractivity contribution in [2.24, 2.45) is 0 Å². The molecule has 2 aliphatic rings. The fourth-order valence-corrected chi connectivity index (χ4v) is 6.57. The van der Waals surface area contributed by atoms with Crippen LogP contribution in [0.25, 0.3) is 22.0 Å². The monoisotopic (exact) mass is 506 g/mol. The number of thioether (sulfide) groups is 1. The predicted octanol–water partition coefficient (Wildman–Crippen LogP) is 4.68. The highest BCUT2D eigenvalue weighted by Gasteiger charge is 2.35. The van der Waals surface area contributed by atoms with E-state index in [2.05, 4.69) is 4.98 Å². The molecule has 7 nitrogen and oxygen atoms in total. The van der Waals surface area contributed by atoms with Gasteiger partial charge in [0.25, 0.3) is 0 Å². The first-order valence-electron chi connectivity index (χ1n) is 10.8. The third kappa shape index (κ3) is 3.60. The summed E-state index contributed by atoms with van der Waals surface area (Å²) in [5.74, 6) is -0.424. The lowest BCUT2D eigenvalue weighted by molar-refractivity contribution is 0.0981. The van der Waals surface area contributed by atoms with Crippen molar-refractivity contribution >= 4 is 46.2 Å². The van der Waals surface area contributed by atoms with E-state index in [1.165, 1.54) is 28.8 Å². The molecule has 0 aliphatic carbocycles. The molecule has 2 aliphatic heterocycles. The molecule has 0 saturated carbocycles. The number of anilines is 1. The summed E-state index contributed by atoms with van der Waals surface area (Å²) in [7, 11) is 0. The maximum atomic E-state index is 14.7. The van der Waals surface area contributed by atoms with Crippen LogP contribution >= 0.6 is 23.4 Å². The second-order valence-electron chi connectivity index (χ2n) is 8.59. The lowest BCUT2D eigenvalue weighted by Crippen LogP contribution is -2.58. The molecule has 3 heterocycles. The molecule has 0 radical (unpaired) electrons. The van der Waals surface area contributed by atoms with Gasteiger partial charge in [0, 0.05) is 52.9 Å². The number of halogens is 3. The van der Waals surface area contributed by atoms with Crippen LogP contribution < -0.4 is 10.6 Å². The van der Waals surface area contributed by atoms with Crippen LogP contribution in [0.4, 0.5) is 19.4 Å². The molecule has 2 atom stereocenters. The van der Waals surface area contributed by atoms with Crippen molar-refractivity contribution in [1.82, 2.24) is 14.5 Å². The molecule has 1 N–H and O–H groups in total. The van der Waals surface area contributed by atoms with E-state index in [1.54, 1.807) is 10.6 Å². The van der Waals surface area contributed by atoms with Gasteiger partial charge in [-0.1, -0.05) is 11.6 Å². The fraction of sp³-hybridized carbons (Fsp3) is 0.348. The Hall–Kier alpha value is -2.85. The van der Waals surface area contributed by atoms with Gasteiger partial charge >= 0.3 is 11.8 Å². The maximum absolute atomic E-state index is 14.7. The second kappa shape index (κ2) is 8.42. The van der Waals surface area contributed by atoms with Crippen molar-refractivity contribution in [2.45, 2.75) is 37.4 Å². The molecule has 0 bridgehead atoms. The van der Waals surface area contributed by atoms with Crippen LogP contribution in [0.5, 0.6) is 0 Å². The number of piperazine rings is 1. The minimum atomic E-state index is -0.991. The molecular formula is C23H21ClF2N4O3S. The van der Waals surface area contributed by atoms with Crippen LogP contribution in [0.2, 0.25) is 5.02 Å². The van der Waals surface area contributed by atoms with E-state index >= 15 is 0 Å². The van der Waals surface area contributed by atoms with Gasteiger partial charge in [-0.25, -0.2) is 18.4 Å². The fourth-order valence-electron chi connectivity index (χ4n) is 5.01. The van der Waals surface area contributed by atoms with E-state index in [1.807, 2.05) is 18.7 Å². The predicted molar refractivity (Wildman–Crippen MR) is 128 cm³/mol. The lowest BCUT2D eigenvalue weighted by Gasteiger charge is -2.43. The van der Waals surface area contributed by atoms with Gasteiger partial charge in [0.05, 0.1) is 22.6 Å². The molecule has 0 spiro atoms. The Labute approximate surface area is 202 Å². The second-order valence-corrected chi connectivity index (χ2v) is 10.1. The summed E-state index contributed by atoms with van der Waals surface area (Å²) in [6, 6.07) is 4.38. The molecule has 2 aromatic carbocycles. The SMILES string of the molecule is C[C@@H]1CN(c2nc(=O)n3c4c(c(-c5ccc(F)cc5F)c(Cl)cc24)SCC3)C[C@H](C)N1C(=O)O. The first-order chi connectivity index (χ1) is 16.2. The Morgan fingerprint density at radius 2 is 1.91 bits per heavy atom. The van der Waals surface area contributed by atoms with Crippen molar-refractivity contribution in [1.29, 1.82) is 0 Å². The largest absolute Gasteiger partial charge is 0.465 e. The van der Waals surface area contributed by atoms with Gasteiger partial charge in [0.1, 0.15) is 17.5 Å². The number of aryl methyl sites for hydroxylation is 1. The van der Waals surface area contributed by atoms with Crippen LogP contribution in [0.1, 0.15) is 13.8 Å². The molecular weight excluding hydrogens is 486 g/mol. The third-order valence-corrected chi connectivity index (χ3v) is 7.72. The zero-order chi connectivity index (χ0) is 24.3. The van der Waals surface area contributed by atoms with Crippen molar-refractivity contribution in [3.8, 4) is 11.1 Å². The van der Waals surface area contributed by atoms with Crippen molar-refractivity contribution in [3.63, 3.8) is 0 Å². The van der Waals surface area contributed by atoms with Gasteiger partial charge in [0.2, 0.25) is 0 Å². The number of rotatable bonds is 2. The normalized spacial score (nSPS) is 20.1. The molecule has 0 unspecified atom stereocenters. The van der Waals surface area contributed by atoms with E-state index in [9.17, 15) is 23.5 Å². The van der Waals surface area contributed by atoms with Gasteiger partial charge in [-0.2, -0.15) is 4.98 Å². The maximum Gasteiger partial charge on any atom is 0.407 e. The Kier molecular flexibility index (Phi) is 5.68. The molecule has 178 valence electrons. The highest BCUT2D eigenvalue weighted by atomic mass is 35.5. The van der Waals surface area contributed by atoms with Crippen LogP contribution in [-0.2, 0) is 6.54 Å². The number of carboxylic acid groups (broad SMARTS) is 1. The van der Waals surface area contributed by atoms with Crippen molar-refractivity contribution < 1.29 is 18.7 Å². The van der Waals surface area contributed by atoms with Crippen LogP contribution in [0.3, 0.4) is 0 Å². The molecule has 1 aromatic heterocycles. The number of amides is 1. The zero-order valence-corrected chi connectivity index (χ0v) is 20.0. The molecule has 5 rings (SSSR count). The minimum absolute atomic E-state index is 0.160. The highest BCUT2D eigenvalue weighted by Crippen LogP contribution is 2.46. The van der Waals surface area contributed by atoms with Gasteiger partial charge in [-0.15, -0.1) is 11.8 Å². The standard InChI is InChI=1S/C23H21ClF2N4O3S/c1-11-9-28(10-12(2)30(11)23(32)33)21-15-8-16(24)18(14-4-3-13(25)7-17(14)26)20-19(15)29(5-6-34-20)22(31)27-21/h3-4,7-8,11-12H,5-6,9-10H2,1-2H3,(H,32,33)/t11-,12+. The van der Waals surface area contributed by atoms with E-state index < -0.39 is 23.4 Å². The van der Waals surface area contributed by atoms with Crippen LogP contribution in [0, 0.1) is 11.6 Å². The van der Waals surface area contributed by atoms with E-state index in [-0.39, 0.29) is 22.7 Å². The summed E-state index contributed by atoms with van der Waals surface area (Å²) in [5.41, 5.74) is 0.750. The van der Waals surface area contributed by atoms with Gasteiger partial charge < -0.3 is 10.0 Å². The molecule has 3 aromatic rings. The summed E-state index contributed by atoms with van der Waals surface area (Å²) >= 11 is 8.15. The van der Waals surface area contributed by atoms with Gasteiger partial charge in [0.15, 0.2) is 0 Å². The van der Waals surface area contributed by atoms with Crippen LogP contribution in [0.15, 0.2) is 34.0 Å². The highest BCUT2D eigenvalue weighted by molar-refractivity contribution is 7.99. The number of carbonyl (C=O) groups is 1. The quantitative estimate of drug-likeness (QED) is 0.544. The third-order valence-electron chi connectivity index (χ3n) is 6.35. The van der Waals surface area contributed by atoms with E-state index in [4.69, 9.17) is 11.6 Å². The lowest BCUT2D eigenvalue weighted by atomic mass is 10.0. The topological polar surface area (TPSA) is 78.7 Å². The van der Waals surface area contributed by atoms with Gasteiger partial charge in [-0.3, -0.25) is 9.47 Å². The smallest absolute Gasteiger partial charge is 0.407 e. The Morgan fingerprint density at radius 1 is 1.21 bits per heavy atom. The number of nitrogens with zero attached hydrogens (tertiary/aromatic N) is 4. The number of hydrogen-bond acceptors (Lipinski definition) is 5. The summed E-state index contributed by atoms with van der Waals surface area (Å²) in [6.07, 6.45) is -0.991. The average molecular weight is 507 g/mol. The van der Waals surface area contributed by atoms with Crippen molar-refractivity contribution in [2.75, 3.05) is 23.7 Å². The number of aromatic nitrogens is 2. The molecule has 1 amide bonds.